The largest absolute Gasteiger partial charge is 0.497 e. The van der Waals surface area contributed by atoms with Gasteiger partial charge in [0.1, 0.15) is 5.75 Å². The minimum absolute atomic E-state index is 0.172. The Balaban J connectivity index is 1.56. The normalized spacial score (nSPS) is 23.0. The van der Waals surface area contributed by atoms with Crippen LogP contribution in [0.1, 0.15) is 24.8 Å². The molecule has 2 saturated heterocycles. The first-order valence-electron chi connectivity index (χ1n) is 9.78. The Kier molecular flexibility index (Phi) is 6.72. The first-order valence-corrected chi connectivity index (χ1v) is 9.78. The number of ether oxygens (including phenoxy) is 2. The van der Waals surface area contributed by atoms with E-state index >= 15 is 0 Å². The number of carbonyl (C=O) groups is 2. The minimum atomic E-state index is 0.172. The quantitative estimate of drug-likeness (QED) is 0.764. The molecule has 1 aromatic carbocycles. The lowest BCUT2D eigenvalue weighted by Gasteiger charge is -2.37. The maximum absolute atomic E-state index is 12.8. The van der Waals surface area contributed by atoms with Crippen molar-refractivity contribution >= 4 is 11.8 Å². The Labute approximate surface area is 161 Å². The van der Waals surface area contributed by atoms with Gasteiger partial charge in [0.05, 0.1) is 20.1 Å². The molecule has 2 heterocycles. The lowest BCUT2D eigenvalue weighted by atomic mass is 9.82. The second-order valence-corrected chi connectivity index (χ2v) is 7.54. The highest BCUT2D eigenvalue weighted by atomic mass is 16.5. The number of amides is 2. The second kappa shape index (κ2) is 9.22. The van der Waals surface area contributed by atoms with E-state index < -0.39 is 0 Å². The van der Waals surface area contributed by atoms with E-state index in [1.54, 1.807) is 14.2 Å². The summed E-state index contributed by atoms with van der Waals surface area (Å²) in [4.78, 5) is 29.1. The molecule has 2 amide bonds. The fraction of sp³-hybridized carbons (Fsp3) is 0.619. The second-order valence-electron chi connectivity index (χ2n) is 7.54. The molecule has 0 aromatic heterocycles. The fourth-order valence-corrected chi connectivity index (χ4v) is 4.17. The van der Waals surface area contributed by atoms with Crippen LogP contribution in [0.15, 0.2) is 24.3 Å². The summed E-state index contributed by atoms with van der Waals surface area (Å²) < 4.78 is 10.3. The van der Waals surface area contributed by atoms with E-state index in [2.05, 4.69) is 0 Å². The third-order valence-electron chi connectivity index (χ3n) is 5.88. The first kappa shape index (κ1) is 19.7. The summed E-state index contributed by atoms with van der Waals surface area (Å²) in [5, 5.41) is 0. The molecule has 0 radical (unpaired) electrons. The summed E-state index contributed by atoms with van der Waals surface area (Å²) in [6, 6.07) is 7.67. The van der Waals surface area contributed by atoms with Gasteiger partial charge in [-0.3, -0.25) is 9.59 Å². The summed E-state index contributed by atoms with van der Waals surface area (Å²) in [5.41, 5.74) is 1.00. The zero-order valence-corrected chi connectivity index (χ0v) is 16.4. The van der Waals surface area contributed by atoms with Crippen molar-refractivity contribution in [2.24, 2.45) is 11.8 Å². The van der Waals surface area contributed by atoms with Gasteiger partial charge < -0.3 is 19.3 Å². The topological polar surface area (TPSA) is 59.1 Å². The van der Waals surface area contributed by atoms with Crippen LogP contribution in [0.2, 0.25) is 0 Å². The molecule has 27 heavy (non-hydrogen) atoms. The molecule has 6 nitrogen and oxygen atoms in total. The molecule has 148 valence electrons. The number of rotatable bonds is 6. The van der Waals surface area contributed by atoms with Crippen LogP contribution < -0.4 is 4.74 Å². The smallest absolute Gasteiger partial charge is 0.226 e. The van der Waals surface area contributed by atoms with Crippen molar-refractivity contribution in [3.63, 3.8) is 0 Å². The van der Waals surface area contributed by atoms with Crippen LogP contribution in [-0.4, -0.2) is 68.6 Å². The van der Waals surface area contributed by atoms with Crippen molar-refractivity contribution in [3.8, 4) is 5.75 Å². The zero-order valence-electron chi connectivity index (χ0n) is 16.4. The summed E-state index contributed by atoms with van der Waals surface area (Å²) in [6.45, 7) is 3.53. The SMILES string of the molecule is COCCN1CC[C@H]2CN(C(=O)Cc3ccc(OC)cc3)CC[C@H]2CC1=O. The van der Waals surface area contributed by atoms with Crippen LogP contribution in [0.25, 0.3) is 0 Å². The average molecular weight is 374 g/mol. The van der Waals surface area contributed by atoms with Crippen molar-refractivity contribution in [1.29, 1.82) is 0 Å². The summed E-state index contributed by atoms with van der Waals surface area (Å²) >= 11 is 0. The molecule has 1 aromatic rings. The van der Waals surface area contributed by atoms with E-state index in [0.717, 1.165) is 43.8 Å². The van der Waals surface area contributed by atoms with Crippen LogP contribution in [0.3, 0.4) is 0 Å². The highest BCUT2D eigenvalue weighted by Crippen LogP contribution is 2.32. The van der Waals surface area contributed by atoms with Crippen LogP contribution >= 0.6 is 0 Å². The molecule has 0 aliphatic carbocycles. The maximum atomic E-state index is 12.8. The van der Waals surface area contributed by atoms with Gasteiger partial charge in [-0.05, 0) is 42.4 Å². The number of hydrogen-bond acceptors (Lipinski definition) is 4. The Hall–Kier alpha value is -2.08. The number of methoxy groups -OCH3 is 2. The van der Waals surface area contributed by atoms with Crippen molar-refractivity contribution < 1.29 is 19.1 Å². The van der Waals surface area contributed by atoms with Gasteiger partial charge in [0.25, 0.3) is 0 Å². The van der Waals surface area contributed by atoms with Crippen LogP contribution in [-0.2, 0) is 20.7 Å². The van der Waals surface area contributed by atoms with Crippen molar-refractivity contribution in [2.45, 2.75) is 25.7 Å². The first-order chi connectivity index (χ1) is 13.1. The molecule has 0 spiro atoms. The molecular weight excluding hydrogens is 344 g/mol. The average Bonchev–Trinajstić information content (AvgIpc) is 2.84. The van der Waals surface area contributed by atoms with Crippen LogP contribution in [0.5, 0.6) is 5.75 Å². The number of benzene rings is 1. The highest BCUT2D eigenvalue weighted by molar-refractivity contribution is 5.79. The van der Waals surface area contributed by atoms with Crippen molar-refractivity contribution in [2.75, 3.05) is 47.0 Å². The standard InChI is InChI=1S/C21H30N2O4/c1-26-12-11-22-9-8-18-15-23(10-7-17(18)14-21(22)25)20(24)13-16-3-5-19(27-2)6-4-16/h3-6,17-18H,7-15H2,1-2H3/t17-,18-/m0/s1. The van der Waals surface area contributed by atoms with Crippen molar-refractivity contribution in [3.05, 3.63) is 29.8 Å². The summed E-state index contributed by atoms with van der Waals surface area (Å²) in [6.07, 6.45) is 2.91. The van der Waals surface area contributed by atoms with E-state index in [4.69, 9.17) is 9.47 Å². The van der Waals surface area contributed by atoms with Gasteiger partial charge in [-0.2, -0.15) is 0 Å². The van der Waals surface area contributed by atoms with Gasteiger partial charge in [-0.1, -0.05) is 12.1 Å². The highest BCUT2D eigenvalue weighted by Gasteiger charge is 2.36. The fourth-order valence-electron chi connectivity index (χ4n) is 4.17. The Morgan fingerprint density at radius 3 is 2.56 bits per heavy atom. The van der Waals surface area contributed by atoms with Gasteiger partial charge in [0.15, 0.2) is 0 Å². The summed E-state index contributed by atoms with van der Waals surface area (Å²) in [5.74, 6) is 2.02. The number of carbonyl (C=O) groups excluding carboxylic acids is 2. The molecule has 2 aliphatic rings. The number of hydrogen-bond donors (Lipinski definition) is 0. The molecule has 2 atom stereocenters. The number of likely N-dealkylation sites (tertiary alicyclic amines) is 2. The molecule has 6 heteroatoms. The molecular formula is C21H30N2O4. The van der Waals surface area contributed by atoms with Crippen molar-refractivity contribution in [1.82, 2.24) is 9.80 Å². The van der Waals surface area contributed by atoms with Crippen LogP contribution in [0.4, 0.5) is 0 Å². The Morgan fingerprint density at radius 1 is 1.11 bits per heavy atom. The monoisotopic (exact) mass is 374 g/mol. The molecule has 0 saturated carbocycles. The van der Waals surface area contributed by atoms with Gasteiger partial charge in [-0.15, -0.1) is 0 Å². The van der Waals surface area contributed by atoms with E-state index in [1.165, 1.54) is 0 Å². The molecule has 0 unspecified atom stereocenters. The molecule has 2 fully saturated rings. The molecule has 2 aliphatic heterocycles. The predicted molar refractivity (Wildman–Crippen MR) is 103 cm³/mol. The number of fused-ring (bicyclic) bond motifs is 1. The lowest BCUT2D eigenvalue weighted by Crippen LogP contribution is -2.44. The van der Waals surface area contributed by atoms with E-state index in [1.807, 2.05) is 34.1 Å². The van der Waals surface area contributed by atoms with Gasteiger partial charge in [0.2, 0.25) is 11.8 Å². The molecule has 0 N–H and O–H groups in total. The zero-order chi connectivity index (χ0) is 19.2. The Morgan fingerprint density at radius 2 is 1.85 bits per heavy atom. The molecule has 0 bridgehead atoms. The van der Waals surface area contributed by atoms with E-state index in [9.17, 15) is 9.59 Å². The lowest BCUT2D eigenvalue weighted by molar-refractivity contribution is -0.133. The third-order valence-corrected chi connectivity index (χ3v) is 5.88. The van der Waals surface area contributed by atoms with E-state index in [0.29, 0.717) is 37.8 Å². The predicted octanol–water partition coefficient (Wildman–Crippen LogP) is 1.97. The number of piperidine rings is 1. The van der Waals surface area contributed by atoms with Crippen LogP contribution in [0, 0.1) is 11.8 Å². The minimum Gasteiger partial charge on any atom is -0.497 e. The van der Waals surface area contributed by atoms with Gasteiger partial charge >= 0.3 is 0 Å². The number of nitrogens with zero attached hydrogens (tertiary/aromatic N) is 2. The third kappa shape index (κ3) is 5.01. The Bertz CT molecular complexity index is 646. The maximum Gasteiger partial charge on any atom is 0.226 e. The molecule has 3 rings (SSSR count). The van der Waals surface area contributed by atoms with Gasteiger partial charge in [-0.25, -0.2) is 0 Å². The van der Waals surface area contributed by atoms with E-state index in [-0.39, 0.29) is 11.8 Å². The summed E-state index contributed by atoms with van der Waals surface area (Å²) in [7, 11) is 3.30. The van der Waals surface area contributed by atoms with Gasteiger partial charge in [0, 0.05) is 39.7 Å².